The zero-order valence-corrected chi connectivity index (χ0v) is 12.3. The van der Waals surface area contributed by atoms with Crippen LogP contribution in [0.25, 0.3) is 10.9 Å². The highest BCUT2D eigenvalue weighted by Crippen LogP contribution is 2.19. The quantitative estimate of drug-likeness (QED) is 0.449. The van der Waals surface area contributed by atoms with Gasteiger partial charge >= 0.3 is 5.97 Å². The number of ether oxygens (including phenoxy) is 1. The third-order valence-electron chi connectivity index (χ3n) is 2.67. The predicted molar refractivity (Wildman–Crippen MR) is 79.7 cm³/mol. The zero-order valence-electron chi connectivity index (χ0n) is 12.3. The van der Waals surface area contributed by atoms with Crippen LogP contribution in [0.2, 0.25) is 0 Å². The second kappa shape index (κ2) is 5.43. The van der Waals surface area contributed by atoms with Crippen molar-refractivity contribution in [1.29, 1.82) is 5.41 Å². The fraction of sp³-hybridized carbons (Fsp3) is 0.357. The normalized spacial score (nSPS) is 12.9. The maximum absolute atomic E-state index is 12.3. The zero-order chi connectivity index (χ0) is 15.6. The molecule has 1 unspecified atom stereocenters. The average Bonchev–Trinajstić information content (AvgIpc) is 2.77. The lowest BCUT2D eigenvalue weighted by Gasteiger charge is -2.25. The van der Waals surface area contributed by atoms with Crippen LogP contribution in [0.3, 0.4) is 0 Å². The van der Waals surface area contributed by atoms with Crippen molar-refractivity contribution in [3.05, 3.63) is 30.5 Å². The van der Waals surface area contributed by atoms with Gasteiger partial charge in [-0.1, -0.05) is 18.2 Å². The molecule has 1 aromatic heterocycles. The van der Waals surface area contributed by atoms with Crippen LogP contribution in [-0.4, -0.2) is 27.3 Å². The van der Waals surface area contributed by atoms with Gasteiger partial charge in [0.25, 0.3) is 0 Å². The van der Waals surface area contributed by atoms with Crippen molar-refractivity contribution >= 4 is 22.8 Å². The number of nitrogens with two attached hydrogens (primary N) is 1. The molecule has 0 saturated heterocycles. The van der Waals surface area contributed by atoms with Gasteiger partial charge in [0.2, 0.25) is 6.17 Å². The van der Waals surface area contributed by atoms with Crippen molar-refractivity contribution < 1.29 is 9.53 Å². The number of carbonyl (C=O) groups excluding carboxylic acids is 1. The molecule has 112 valence electrons. The van der Waals surface area contributed by atoms with Gasteiger partial charge in [0.15, 0.2) is 5.96 Å². The number of nitrogens with one attached hydrogen (secondary N) is 2. The number of fused-ring (bicyclic) bond motifs is 1. The van der Waals surface area contributed by atoms with Crippen LogP contribution in [-0.2, 0) is 9.53 Å². The Balaban J connectivity index is 2.40. The van der Waals surface area contributed by atoms with Crippen LogP contribution in [0.1, 0.15) is 26.9 Å². The van der Waals surface area contributed by atoms with Crippen molar-refractivity contribution in [1.82, 2.24) is 15.1 Å². The van der Waals surface area contributed by atoms with Gasteiger partial charge in [-0.15, -0.1) is 0 Å². The van der Waals surface area contributed by atoms with E-state index in [1.807, 2.05) is 24.3 Å². The van der Waals surface area contributed by atoms with E-state index in [2.05, 4.69) is 10.4 Å². The number of rotatable bonds is 3. The number of hydrogen-bond acceptors (Lipinski definition) is 4. The maximum atomic E-state index is 12.3. The summed E-state index contributed by atoms with van der Waals surface area (Å²) >= 11 is 0. The van der Waals surface area contributed by atoms with E-state index in [0.717, 1.165) is 10.9 Å². The van der Waals surface area contributed by atoms with E-state index in [4.69, 9.17) is 15.9 Å². The molecule has 0 aliphatic carbocycles. The number of benzene rings is 1. The lowest BCUT2D eigenvalue weighted by molar-refractivity contribution is -0.159. The minimum atomic E-state index is -0.985. The third-order valence-corrected chi connectivity index (χ3v) is 2.67. The van der Waals surface area contributed by atoms with Gasteiger partial charge in [-0.2, -0.15) is 5.10 Å². The molecule has 7 heteroatoms. The molecule has 7 nitrogen and oxygen atoms in total. The lowest BCUT2D eigenvalue weighted by Crippen LogP contribution is -2.44. The molecule has 0 amide bonds. The summed E-state index contributed by atoms with van der Waals surface area (Å²) in [4.78, 5) is 12.3. The molecule has 0 aliphatic heterocycles. The van der Waals surface area contributed by atoms with Crippen molar-refractivity contribution in [2.24, 2.45) is 5.73 Å². The molecule has 0 spiro atoms. The van der Waals surface area contributed by atoms with Crippen molar-refractivity contribution in [3.63, 3.8) is 0 Å². The van der Waals surface area contributed by atoms with Crippen LogP contribution in [0, 0.1) is 5.41 Å². The Kier molecular flexibility index (Phi) is 3.84. The summed E-state index contributed by atoms with van der Waals surface area (Å²) in [6.45, 7) is 5.32. The van der Waals surface area contributed by atoms with Gasteiger partial charge in [0, 0.05) is 5.39 Å². The number of esters is 1. The molecular formula is C14H19N5O2. The second-order valence-electron chi connectivity index (χ2n) is 5.64. The van der Waals surface area contributed by atoms with E-state index >= 15 is 0 Å². The molecule has 2 aromatic rings. The maximum Gasteiger partial charge on any atom is 0.352 e. The summed E-state index contributed by atoms with van der Waals surface area (Å²) in [7, 11) is 0. The molecule has 0 saturated carbocycles. The van der Waals surface area contributed by atoms with Gasteiger partial charge in [-0.25, -0.2) is 9.48 Å². The van der Waals surface area contributed by atoms with Crippen LogP contribution in [0.15, 0.2) is 30.5 Å². The van der Waals surface area contributed by atoms with Crippen LogP contribution < -0.4 is 11.1 Å². The van der Waals surface area contributed by atoms with E-state index in [1.54, 1.807) is 27.0 Å². The first-order valence-corrected chi connectivity index (χ1v) is 6.53. The Bertz CT molecular complexity index is 671. The SMILES string of the molecule is CC(C)(C)OC(=O)C(NC(=N)N)n1ncc2ccccc21. The Morgan fingerprint density at radius 2 is 2.10 bits per heavy atom. The molecule has 21 heavy (non-hydrogen) atoms. The minimum Gasteiger partial charge on any atom is -0.457 e. The Hall–Kier alpha value is -2.57. The first kappa shape index (κ1) is 14.8. The summed E-state index contributed by atoms with van der Waals surface area (Å²) < 4.78 is 6.82. The summed E-state index contributed by atoms with van der Waals surface area (Å²) in [6, 6.07) is 7.45. The molecule has 0 radical (unpaired) electrons. The van der Waals surface area contributed by atoms with E-state index in [9.17, 15) is 4.79 Å². The molecule has 2 rings (SSSR count). The highest BCUT2D eigenvalue weighted by molar-refractivity contribution is 5.85. The summed E-state index contributed by atoms with van der Waals surface area (Å²) in [6.07, 6.45) is 0.663. The fourth-order valence-electron chi connectivity index (χ4n) is 1.92. The molecule has 1 aromatic carbocycles. The van der Waals surface area contributed by atoms with Crippen LogP contribution in [0.5, 0.6) is 0 Å². The van der Waals surface area contributed by atoms with Crippen molar-refractivity contribution in [2.45, 2.75) is 32.5 Å². The van der Waals surface area contributed by atoms with Crippen molar-refractivity contribution in [2.75, 3.05) is 0 Å². The molecule has 0 fully saturated rings. The number of hydrogen-bond donors (Lipinski definition) is 3. The monoisotopic (exact) mass is 289 g/mol. The molecule has 4 N–H and O–H groups in total. The van der Waals surface area contributed by atoms with Crippen LogP contribution >= 0.6 is 0 Å². The van der Waals surface area contributed by atoms with Crippen LogP contribution in [0.4, 0.5) is 0 Å². The largest absolute Gasteiger partial charge is 0.457 e. The first-order chi connectivity index (χ1) is 9.78. The topological polar surface area (TPSA) is 106 Å². The van der Waals surface area contributed by atoms with Gasteiger partial charge in [-0.05, 0) is 26.8 Å². The lowest BCUT2D eigenvalue weighted by atomic mass is 10.2. The number of carbonyl (C=O) groups is 1. The van der Waals surface area contributed by atoms with E-state index in [0.29, 0.717) is 0 Å². The Morgan fingerprint density at radius 3 is 2.71 bits per heavy atom. The van der Waals surface area contributed by atoms with Gasteiger partial charge in [0.05, 0.1) is 11.7 Å². The minimum absolute atomic E-state index is 0.328. The first-order valence-electron chi connectivity index (χ1n) is 6.53. The Morgan fingerprint density at radius 1 is 1.43 bits per heavy atom. The fourth-order valence-corrected chi connectivity index (χ4v) is 1.92. The summed E-state index contributed by atoms with van der Waals surface area (Å²) in [5.74, 6) is -0.878. The van der Waals surface area contributed by atoms with Gasteiger partial charge < -0.3 is 15.8 Å². The molecule has 0 bridgehead atoms. The standard InChI is InChI=1S/C14H19N5O2/c1-14(2,3)21-12(20)11(18-13(15)16)19-10-7-5-4-6-9(10)8-17-19/h4-8,11H,1-3H3,(H4,15,16,18). The summed E-state index contributed by atoms with van der Waals surface area (Å²) in [5, 5.41) is 15.0. The highest BCUT2D eigenvalue weighted by atomic mass is 16.6. The Labute approximate surface area is 122 Å². The summed E-state index contributed by atoms with van der Waals surface area (Å²) in [5.41, 5.74) is 5.48. The number of guanidine groups is 1. The van der Waals surface area contributed by atoms with E-state index < -0.39 is 17.7 Å². The van der Waals surface area contributed by atoms with E-state index in [1.165, 1.54) is 4.68 Å². The molecule has 1 heterocycles. The van der Waals surface area contributed by atoms with Gasteiger partial charge in [-0.3, -0.25) is 5.41 Å². The third kappa shape index (κ3) is 3.50. The molecule has 0 aliphatic rings. The molecular weight excluding hydrogens is 270 g/mol. The number of para-hydroxylation sites is 1. The number of aromatic nitrogens is 2. The predicted octanol–water partition coefficient (Wildman–Crippen LogP) is 1.36. The van der Waals surface area contributed by atoms with Gasteiger partial charge in [0.1, 0.15) is 5.60 Å². The number of nitrogens with zero attached hydrogens (tertiary/aromatic N) is 2. The average molecular weight is 289 g/mol. The molecule has 1 atom stereocenters. The second-order valence-corrected chi connectivity index (χ2v) is 5.64. The smallest absolute Gasteiger partial charge is 0.352 e. The van der Waals surface area contributed by atoms with E-state index in [-0.39, 0.29) is 5.96 Å². The van der Waals surface area contributed by atoms with Crippen molar-refractivity contribution in [3.8, 4) is 0 Å². The highest BCUT2D eigenvalue weighted by Gasteiger charge is 2.28.